The molecule has 1 aliphatic carbocycles. The molecular formula is C32H40N6O5. The first kappa shape index (κ1) is 30.3. The standard InChI is InChI=1S/C32H40N6O5/c1-19(2)14-26(29(40)38-18-32(16-22(38)17-33)23-12-8-9-13-24(23)34-31(32)42)37(4)30(41)27(21-10-6-5-7-11-21)35-28(39)25-15-20(3)43-36-25/h8-9,12-13,15,19,21-22,26-27H,5-7,10-11,14,16,18H2,1-4H3,(H,34,42)(H,35,39)/t22-,26-,27?,32-/m0/s1. The molecule has 1 unspecified atom stereocenters. The first-order chi connectivity index (χ1) is 20.6. The number of likely N-dealkylation sites (N-methyl/N-ethyl adjacent to an activating group) is 1. The van der Waals surface area contributed by atoms with Gasteiger partial charge in [-0.25, -0.2) is 0 Å². The highest BCUT2D eigenvalue weighted by Gasteiger charge is 2.57. The lowest BCUT2D eigenvalue weighted by atomic mass is 9.80. The molecule has 11 heteroatoms. The fraction of sp³-hybridized carbons (Fsp3) is 0.562. The molecular weight excluding hydrogens is 548 g/mol. The Kier molecular flexibility index (Phi) is 8.58. The van der Waals surface area contributed by atoms with Gasteiger partial charge in [0.15, 0.2) is 5.69 Å². The highest BCUT2D eigenvalue weighted by Crippen LogP contribution is 2.46. The van der Waals surface area contributed by atoms with E-state index < -0.39 is 29.4 Å². The predicted molar refractivity (Wildman–Crippen MR) is 158 cm³/mol. The Morgan fingerprint density at radius 1 is 1.23 bits per heavy atom. The van der Waals surface area contributed by atoms with Crippen molar-refractivity contribution in [3.8, 4) is 6.07 Å². The Hall–Kier alpha value is -4.20. The van der Waals surface area contributed by atoms with Crippen molar-refractivity contribution in [3.05, 3.63) is 47.3 Å². The number of likely N-dealkylation sites (tertiary alicyclic amines) is 1. The average molecular weight is 589 g/mol. The second kappa shape index (κ2) is 12.2. The summed E-state index contributed by atoms with van der Waals surface area (Å²) in [4.78, 5) is 57.9. The van der Waals surface area contributed by atoms with E-state index in [1.165, 1.54) is 15.9 Å². The van der Waals surface area contributed by atoms with E-state index in [1.54, 1.807) is 14.0 Å². The summed E-state index contributed by atoms with van der Waals surface area (Å²) in [5, 5.41) is 19.8. The molecule has 1 aromatic heterocycles. The number of carbonyl (C=O) groups is 4. The molecule has 2 aromatic rings. The van der Waals surface area contributed by atoms with E-state index >= 15 is 0 Å². The molecule has 0 bridgehead atoms. The third kappa shape index (κ3) is 5.75. The maximum Gasteiger partial charge on any atom is 0.274 e. The van der Waals surface area contributed by atoms with Gasteiger partial charge in [0, 0.05) is 31.8 Å². The quantitative estimate of drug-likeness (QED) is 0.479. The largest absolute Gasteiger partial charge is 0.361 e. The van der Waals surface area contributed by atoms with Crippen LogP contribution in [0.15, 0.2) is 34.9 Å². The van der Waals surface area contributed by atoms with Crippen molar-refractivity contribution in [2.45, 2.75) is 89.3 Å². The SMILES string of the molecule is Cc1cc(C(=O)NC(C(=O)N(C)[C@@H](CC(C)C)C(=O)N2C[C@]3(C[C@H]2C#N)C(=O)Nc2ccccc23)C2CCCCC2)no1. The number of rotatable bonds is 8. The van der Waals surface area contributed by atoms with Crippen molar-refractivity contribution in [1.29, 1.82) is 5.26 Å². The number of nitrogens with one attached hydrogen (secondary N) is 2. The molecule has 11 nitrogen and oxygen atoms in total. The van der Waals surface area contributed by atoms with Gasteiger partial charge in [-0.05, 0) is 49.7 Å². The van der Waals surface area contributed by atoms with Crippen molar-refractivity contribution in [3.63, 3.8) is 0 Å². The third-order valence-electron chi connectivity index (χ3n) is 9.25. The second-order valence-corrected chi connectivity index (χ2v) is 12.7. The van der Waals surface area contributed by atoms with Gasteiger partial charge in [-0.1, -0.05) is 56.5 Å². The molecule has 2 fully saturated rings. The van der Waals surface area contributed by atoms with Crippen LogP contribution in [0.1, 0.15) is 80.6 Å². The molecule has 5 rings (SSSR count). The minimum atomic E-state index is -1.02. The van der Waals surface area contributed by atoms with Crippen LogP contribution in [0, 0.1) is 30.1 Å². The summed E-state index contributed by atoms with van der Waals surface area (Å²) in [7, 11) is 1.60. The molecule has 1 aromatic carbocycles. The number of carbonyl (C=O) groups excluding carboxylic acids is 4. The number of fused-ring (bicyclic) bond motifs is 2. The van der Waals surface area contributed by atoms with Gasteiger partial charge in [0.25, 0.3) is 5.91 Å². The fourth-order valence-electron chi connectivity index (χ4n) is 6.96. The zero-order valence-corrected chi connectivity index (χ0v) is 25.3. The van der Waals surface area contributed by atoms with E-state index in [-0.39, 0.29) is 48.2 Å². The summed E-state index contributed by atoms with van der Waals surface area (Å²) < 4.78 is 5.07. The van der Waals surface area contributed by atoms with E-state index in [0.29, 0.717) is 17.9 Å². The highest BCUT2D eigenvalue weighted by molar-refractivity contribution is 6.07. The average Bonchev–Trinajstić information content (AvgIpc) is 3.69. The van der Waals surface area contributed by atoms with E-state index in [4.69, 9.17) is 4.52 Å². The molecule has 3 aliphatic rings. The minimum Gasteiger partial charge on any atom is -0.361 e. The fourth-order valence-corrected chi connectivity index (χ4v) is 6.96. The van der Waals surface area contributed by atoms with Crippen LogP contribution in [0.2, 0.25) is 0 Å². The zero-order chi connectivity index (χ0) is 30.9. The van der Waals surface area contributed by atoms with Crippen LogP contribution < -0.4 is 10.6 Å². The van der Waals surface area contributed by atoms with Crippen molar-refractivity contribution in [2.24, 2.45) is 11.8 Å². The van der Waals surface area contributed by atoms with Gasteiger partial charge in [0.05, 0.1) is 11.5 Å². The van der Waals surface area contributed by atoms with Gasteiger partial charge in [-0.2, -0.15) is 5.26 Å². The van der Waals surface area contributed by atoms with Crippen LogP contribution in [0.4, 0.5) is 5.69 Å². The van der Waals surface area contributed by atoms with Gasteiger partial charge in [0.2, 0.25) is 17.7 Å². The number of aromatic nitrogens is 1. The number of amides is 4. The molecule has 3 heterocycles. The van der Waals surface area contributed by atoms with Crippen LogP contribution in [-0.4, -0.2) is 70.3 Å². The predicted octanol–water partition coefficient (Wildman–Crippen LogP) is 3.55. The Labute approximate surface area is 251 Å². The topological polar surface area (TPSA) is 149 Å². The van der Waals surface area contributed by atoms with E-state index in [1.807, 2.05) is 38.1 Å². The van der Waals surface area contributed by atoms with Gasteiger partial charge in [0.1, 0.15) is 23.9 Å². The molecule has 1 saturated heterocycles. The first-order valence-electron chi connectivity index (χ1n) is 15.2. The first-order valence-corrected chi connectivity index (χ1v) is 15.2. The summed E-state index contributed by atoms with van der Waals surface area (Å²) in [6, 6.07) is 8.58. The van der Waals surface area contributed by atoms with Crippen LogP contribution in [-0.2, 0) is 19.8 Å². The molecule has 4 amide bonds. The van der Waals surface area contributed by atoms with E-state index in [0.717, 1.165) is 37.7 Å². The molecule has 1 saturated carbocycles. The highest BCUT2D eigenvalue weighted by atomic mass is 16.5. The van der Waals surface area contributed by atoms with Gasteiger partial charge in [-0.15, -0.1) is 0 Å². The second-order valence-electron chi connectivity index (χ2n) is 12.7. The molecule has 43 heavy (non-hydrogen) atoms. The summed E-state index contributed by atoms with van der Waals surface area (Å²) in [5.74, 6) is -1.000. The van der Waals surface area contributed by atoms with Gasteiger partial charge >= 0.3 is 0 Å². The van der Waals surface area contributed by atoms with Gasteiger partial charge in [-0.3, -0.25) is 19.2 Å². The number of benzene rings is 1. The van der Waals surface area contributed by atoms with E-state index in [9.17, 15) is 24.4 Å². The van der Waals surface area contributed by atoms with Crippen molar-refractivity contribution in [1.82, 2.24) is 20.3 Å². The Balaban J connectivity index is 1.42. The molecule has 4 atom stereocenters. The van der Waals surface area contributed by atoms with Crippen LogP contribution in [0.5, 0.6) is 0 Å². The van der Waals surface area contributed by atoms with Crippen LogP contribution in [0.25, 0.3) is 0 Å². The van der Waals surface area contributed by atoms with Crippen molar-refractivity contribution >= 4 is 29.3 Å². The number of hydrogen-bond acceptors (Lipinski definition) is 7. The number of anilines is 1. The summed E-state index contributed by atoms with van der Waals surface area (Å²) >= 11 is 0. The molecule has 2 aliphatic heterocycles. The number of nitrogens with zero attached hydrogens (tertiary/aromatic N) is 4. The van der Waals surface area contributed by atoms with E-state index in [2.05, 4.69) is 21.9 Å². The Morgan fingerprint density at radius 3 is 2.60 bits per heavy atom. The normalized spacial score (nSPS) is 23.0. The summed E-state index contributed by atoms with van der Waals surface area (Å²) in [6.07, 6.45) is 5.08. The number of para-hydroxylation sites is 1. The van der Waals surface area contributed by atoms with Crippen LogP contribution in [0.3, 0.4) is 0 Å². The smallest absolute Gasteiger partial charge is 0.274 e. The molecule has 1 spiro atoms. The minimum absolute atomic E-state index is 0.0534. The zero-order valence-electron chi connectivity index (χ0n) is 25.3. The maximum atomic E-state index is 14.3. The number of nitriles is 1. The van der Waals surface area contributed by atoms with Crippen molar-refractivity contribution < 1.29 is 23.7 Å². The lowest BCUT2D eigenvalue weighted by Gasteiger charge is -2.37. The lowest BCUT2D eigenvalue weighted by molar-refractivity contribution is -0.147. The van der Waals surface area contributed by atoms with Gasteiger partial charge < -0.3 is 25.0 Å². The molecule has 0 radical (unpaired) electrons. The molecule has 2 N–H and O–H groups in total. The maximum absolute atomic E-state index is 14.3. The molecule has 228 valence electrons. The number of hydrogen-bond donors (Lipinski definition) is 2. The summed E-state index contributed by atoms with van der Waals surface area (Å²) in [5.41, 5.74) is 0.547. The third-order valence-corrected chi connectivity index (χ3v) is 9.25. The number of aryl methyl sites for hydroxylation is 1. The monoisotopic (exact) mass is 588 g/mol. The Morgan fingerprint density at radius 2 is 1.95 bits per heavy atom. The van der Waals surface area contributed by atoms with Crippen LogP contribution >= 0.6 is 0 Å². The Bertz CT molecular complexity index is 1440. The van der Waals surface area contributed by atoms with Crippen molar-refractivity contribution in [2.75, 3.05) is 18.9 Å². The lowest BCUT2D eigenvalue weighted by Crippen LogP contribution is -2.58. The summed E-state index contributed by atoms with van der Waals surface area (Å²) in [6.45, 7) is 5.69.